The van der Waals surface area contributed by atoms with Crippen molar-refractivity contribution in [1.29, 1.82) is 0 Å². The number of amides is 2. The van der Waals surface area contributed by atoms with Crippen molar-refractivity contribution in [2.75, 3.05) is 6.54 Å². The van der Waals surface area contributed by atoms with E-state index < -0.39 is 5.92 Å². The molecule has 2 fully saturated rings. The zero-order chi connectivity index (χ0) is 15.5. The Morgan fingerprint density at radius 2 is 1.77 bits per heavy atom. The van der Waals surface area contributed by atoms with E-state index in [4.69, 9.17) is 0 Å². The normalized spacial score (nSPS) is 25.8. The van der Waals surface area contributed by atoms with Crippen LogP contribution in [-0.2, 0) is 20.8 Å². The predicted molar refractivity (Wildman–Crippen MR) is 81.9 cm³/mol. The summed E-state index contributed by atoms with van der Waals surface area (Å²) in [6.07, 6.45) is 4.11. The first kappa shape index (κ1) is 14.9. The molecule has 0 radical (unpaired) electrons. The molecule has 1 heterocycles. The van der Waals surface area contributed by atoms with Crippen LogP contribution < -0.4 is 0 Å². The number of carbonyl (C=O) groups excluding carboxylic acids is 3. The van der Waals surface area contributed by atoms with Gasteiger partial charge in [0.05, 0.1) is 5.92 Å². The highest BCUT2D eigenvalue weighted by Gasteiger charge is 2.45. The third-order valence-corrected chi connectivity index (χ3v) is 4.83. The maximum Gasteiger partial charge on any atom is 0.233 e. The number of imide groups is 1. The van der Waals surface area contributed by atoms with Crippen molar-refractivity contribution in [1.82, 2.24) is 4.90 Å². The molecule has 0 bridgehead atoms. The summed E-state index contributed by atoms with van der Waals surface area (Å²) in [7, 11) is 0. The van der Waals surface area contributed by atoms with Crippen LogP contribution in [-0.4, -0.2) is 29.0 Å². The number of ketones is 1. The maximum atomic E-state index is 12.5. The molecule has 1 aliphatic heterocycles. The fraction of sp³-hybridized carbons (Fsp3) is 0.500. The summed E-state index contributed by atoms with van der Waals surface area (Å²) in [5.41, 5.74) is 1.11. The van der Waals surface area contributed by atoms with E-state index in [1.165, 1.54) is 4.90 Å². The van der Waals surface area contributed by atoms with Crippen molar-refractivity contribution in [3.05, 3.63) is 35.9 Å². The number of Topliss-reactive ketones (excluding diaryl/α,β-unsaturated/α-hetero) is 1. The topological polar surface area (TPSA) is 54.5 Å². The van der Waals surface area contributed by atoms with Gasteiger partial charge in [-0.15, -0.1) is 0 Å². The smallest absolute Gasteiger partial charge is 0.233 e. The fourth-order valence-corrected chi connectivity index (χ4v) is 3.58. The van der Waals surface area contributed by atoms with Crippen LogP contribution in [0.5, 0.6) is 0 Å². The number of rotatable bonds is 4. The van der Waals surface area contributed by atoms with Crippen LogP contribution in [0.3, 0.4) is 0 Å². The van der Waals surface area contributed by atoms with Crippen LogP contribution in [0.1, 0.15) is 37.7 Å². The molecule has 4 heteroatoms. The van der Waals surface area contributed by atoms with Crippen molar-refractivity contribution in [2.24, 2.45) is 11.8 Å². The molecule has 2 atom stereocenters. The van der Waals surface area contributed by atoms with E-state index in [2.05, 4.69) is 0 Å². The number of likely N-dealkylation sites (tertiary alicyclic amines) is 1. The Morgan fingerprint density at radius 1 is 1.00 bits per heavy atom. The lowest BCUT2D eigenvalue weighted by molar-refractivity contribution is -0.141. The number of hydrogen-bond donors (Lipinski definition) is 0. The Balaban J connectivity index is 1.65. The molecule has 3 rings (SSSR count). The summed E-state index contributed by atoms with van der Waals surface area (Å²) in [6, 6.07) is 9.83. The Kier molecular flexibility index (Phi) is 4.36. The van der Waals surface area contributed by atoms with Gasteiger partial charge >= 0.3 is 0 Å². The third kappa shape index (κ3) is 2.96. The number of nitrogens with zero attached hydrogens (tertiary/aromatic N) is 1. The molecule has 4 nitrogen and oxygen atoms in total. The quantitative estimate of drug-likeness (QED) is 0.802. The molecule has 116 valence electrons. The molecule has 1 saturated heterocycles. The van der Waals surface area contributed by atoms with Crippen molar-refractivity contribution in [3.63, 3.8) is 0 Å². The summed E-state index contributed by atoms with van der Waals surface area (Å²) in [6.45, 7) is 0.416. The van der Waals surface area contributed by atoms with Crippen molar-refractivity contribution < 1.29 is 14.4 Å². The molecule has 22 heavy (non-hydrogen) atoms. The van der Waals surface area contributed by atoms with Gasteiger partial charge in [0, 0.05) is 25.3 Å². The van der Waals surface area contributed by atoms with Gasteiger partial charge in [-0.25, -0.2) is 0 Å². The van der Waals surface area contributed by atoms with Gasteiger partial charge in [-0.2, -0.15) is 0 Å². The molecule has 2 amide bonds. The van der Waals surface area contributed by atoms with E-state index in [-0.39, 0.29) is 29.9 Å². The van der Waals surface area contributed by atoms with E-state index in [1.807, 2.05) is 30.3 Å². The molecular weight excluding hydrogens is 278 g/mol. The number of carbonyl (C=O) groups is 3. The Bertz CT molecular complexity index is 581. The van der Waals surface area contributed by atoms with Gasteiger partial charge < -0.3 is 0 Å². The highest BCUT2D eigenvalue weighted by molar-refractivity contribution is 6.05. The molecule has 1 aromatic carbocycles. The zero-order valence-electron chi connectivity index (χ0n) is 12.7. The summed E-state index contributed by atoms with van der Waals surface area (Å²) in [5, 5.41) is 0. The van der Waals surface area contributed by atoms with Crippen molar-refractivity contribution in [3.8, 4) is 0 Å². The van der Waals surface area contributed by atoms with Crippen LogP contribution in [0, 0.1) is 11.8 Å². The first-order chi connectivity index (χ1) is 10.7. The predicted octanol–water partition coefficient (Wildman–Crippen LogP) is 2.36. The second-order valence-corrected chi connectivity index (χ2v) is 6.25. The van der Waals surface area contributed by atoms with E-state index in [1.54, 1.807) is 0 Å². The summed E-state index contributed by atoms with van der Waals surface area (Å²) < 4.78 is 0. The summed E-state index contributed by atoms with van der Waals surface area (Å²) in [4.78, 5) is 38.1. The minimum atomic E-state index is -0.406. The molecule has 2 aliphatic rings. The van der Waals surface area contributed by atoms with Gasteiger partial charge in [0.1, 0.15) is 5.78 Å². The van der Waals surface area contributed by atoms with Gasteiger partial charge in [0.25, 0.3) is 0 Å². The number of benzene rings is 1. The molecule has 0 aromatic heterocycles. The van der Waals surface area contributed by atoms with Crippen LogP contribution in [0.25, 0.3) is 0 Å². The average molecular weight is 299 g/mol. The van der Waals surface area contributed by atoms with Crippen LogP contribution >= 0.6 is 0 Å². The lowest BCUT2D eigenvalue weighted by atomic mass is 9.78. The number of hydrogen-bond acceptors (Lipinski definition) is 3. The van der Waals surface area contributed by atoms with Crippen molar-refractivity contribution in [2.45, 2.75) is 38.5 Å². The largest absolute Gasteiger partial charge is 0.299 e. The average Bonchev–Trinajstić information content (AvgIpc) is 2.81. The van der Waals surface area contributed by atoms with Gasteiger partial charge in [-0.05, 0) is 24.8 Å². The zero-order valence-corrected chi connectivity index (χ0v) is 12.7. The second-order valence-electron chi connectivity index (χ2n) is 6.25. The lowest BCUT2D eigenvalue weighted by Crippen LogP contribution is -2.36. The molecule has 1 saturated carbocycles. The molecule has 0 N–H and O–H groups in total. The fourth-order valence-electron chi connectivity index (χ4n) is 3.58. The minimum absolute atomic E-state index is 0.121. The Hall–Kier alpha value is -1.97. The maximum absolute atomic E-state index is 12.5. The summed E-state index contributed by atoms with van der Waals surface area (Å²) >= 11 is 0. The second kappa shape index (κ2) is 6.42. The molecule has 1 aliphatic carbocycles. The molecule has 0 spiro atoms. The van der Waals surface area contributed by atoms with Crippen LogP contribution in [0.15, 0.2) is 30.3 Å². The van der Waals surface area contributed by atoms with Crippen LogP contribution in [0.2, 0.25) is 0 Å². The lowest BCUT2D eigenvalue weighted by Gasteiger charge is -2.24. The van der Waals surface area contributed by atoms with Crippen LogP contribution in [0.4, 0.5) is 0 Å². The SMILES string of the molecule is O=C1CCCCC1[C@H]1CC(=O)N(CCc2ccccc2)C1=O. The van der Waals surface area contributed by atoms with Gasteiger partial charge in [-0.3, -0.25) is 19.3 Å². The first-order valence-electron chi connectivity index (χ1n) is 8.07. The van der Waals surface area contributed by atoms with Gasteiger partial charge in [0.15, 0.2) is 0 Å². The van der Waals surface area contributed by atoms with E-state index in [0.29, 0.717) is 19.4 Å². The third-order valence-electron chi connectivity index (χ3n) is 4.83. The molecular formula is C18H21NO3. The monoisotopic (exact) mass is 299 g/mol. The first-order valence-corrected chi connectivity index (χ1v) is 8.07. The van der Waals surface area contributed by atoms with E-state index >= 15 is 0 Å². The summed E-state index contributed by atoms with van der Waals surface area (Å²) in [5.74, 6) is -0.726. The molecule has 1 aromatic rings. The highest BCUT2D eigenvalue weighted by Crippen LogP contribution is 2.34. The Morgan fingerprint density at radius 3 is 2.50 bits per heavy atom. The van der Waals surface area contributed by atoms with Gasteiger partial charge in [0.2, 0.25) is 11.8 Å². The van der Waals surface area contributed by atoms with E-state index in [0.717, 1.165) is 24.8 Å². The molecule has 1 unspecified atom stereocenters. The van der Waals surface area contributed by atoms with Crippen molar-refractivity contribution >= 4 is 17.6 Å². The Labute approximate surface area is 130 Å². The highest BCUT2D eigenvalue weighted by atomic mass is 16.2. The minimum Gasteiger partial charge on any atom is -0.299 e. The van der Waals surface area contributed by atoms with E-state index in [9.17, 15) is 14.4 Å². The standard InChI is InChI=1S/C18H21NO3/c20-16-9-5-4-8-14(16)15-12-17(21)19(18(15)22)11-10-13-6-2-1-3-7-13/h1-3,6-7,14-15H,4-5,8-12H2/t14?,15-/m1/s1. The van der Waals surface area contributed by atoms with Gasteiger partial charge in [-0.1, -0.05) is 36.8 Å².